The molecule has 1 N–H and O–H groups in total. The third-order valence-corrected chi connectivity index (χ3v) is 3.57. The van der Waals surface area contributed by atoms with Crippen molar-refractivity contribution in [2.45, 2.75) is 58.6 Å². The fourth-order valence-electron chi connectivity index (χ4n) is 2.40. The molecule has 19 heavy (non-hydrogen) atoms. The van der Waals surface area contributed by atoms with Crippen LogP contribution in [0.25, 0.3) is 0 Å². The van der Waals surface area contributed by atoms with E-state index in [0.717, 1.165) is 38.2 Å². The largest absolute Gasteiger partial charge is 0.374 e. The van der Waals surface area contributed by atoms with Crippen molar-refractivity contribution in [2.24, 2.45) is 7.05 Å². The van der Waals surface area contributed by atoms with Gasteiger partial charge in [0.1, 0.15) is 5.82 Å². The fourth-order valence-corrected chi connectivity index (χ4v) is 2.40. The van der Waals surface area contributed by atoms with E-state index >= 15 is 0 Å². The minimum absolute atomic E-state index is 0.144. The number of rotatable bonds is 9. The molecule has 0 saturated carbocycles. The monoisotopic (exact) mass is 267 g/mol. The number of hydrogen-bond donors (Lipinski definition) is 1. The van der Waals surface area contributed by atoms with E-state index in [0.29, 0.717) is 6.04 Å². The molecule has 0 fully saturated rings. The molecule has 1 atom stereocenters. The van der Waals surface area contributed by atoms with Crippen molar-refractivity contribution in [3.63, 3.8) is 0 Å². The Labute approximate surface area is 117 Å². The minimum Gasteiger partial charge on any atom is -0.374 e. The summed E-state index contributed by atoms with van der Waals surface area (Å²) in [5.41, 5.74) is -0.144. The Bertz CT molecular complexity index is 360. The maximum atomic E-state index is 5.90. The van der Waals surface area contributed by atoms with Gasteiger partial charge in [-0.15, -0.1) is 0 Å². The molecule has 0 aliphatic heterocycles. The molecule has 4 heteroatoms. The third-order valence-electron chi connectivity index (χ3n) is 3.57. The van der Waals surface area contributed by atoms with E-state index in [1.165, 1.54) is 0 Å². The Morgan fingerprint density at radius 1 is 1.42 bits per heavy atom. The van der Waals surface area contributed by atoms with Crippen molar-refractivity contribution in [3.05, 3.63) is 18.2 Å². The predicted molar refractivity (Wildman–Crippen MR) is 79.3 cm³/mol. The Hall–Kier alpha value is -0.870. The van der Waals surface area contributed by atoms with E-state index in [4.69, 9.17) is 4.74 Å². The van der Waals surface area contributed by atoms with Crippen molar-refractivity contribution >= 4 is 0 Å². The van der Waals surface area contributed by atoms with Crippen LogP contribution < -0.4 is 5.32 Å². The zero-order valence-electron chi connectivity index (χ0n) is 13.1. The van der Waals surface area contributed by atoms with Gasteiger partial charge in [-0.2, -0.15) is 0 Å². The summed E-state index contributed by atoms with van der Waals surface area (Å²) in [4.78, 5) is 4.39. The average Bonchev–Trinajstić information content (AvgIpc) is 2.74. The molecule has 1 aromatic rings. The number of nitrogens with one attached hydrogen (secondary N) is 1. The summed E-state index contributed by atoms with van der Waals surface area (Å²) in [6.07, 6.45) is 7.01. The van der Waals surface area contributed by atoms with E-state index < -0.39 is 0 Å². The molecule has 0 bridgehead atoms. The molecule has 0 saturated heterocycles. The maximum Gasteiger partial charge on any atom is 0.108 e. The second kappa shape index (κ2) is 7.65. The van der Waals surface area contributed by atoms with Gasteiger partial charge in [0.15, 0.2) is 0 Å². The minimum atomic E-state index is -0.144. The van der Waals surface area contributed by atoms with Gasteiger partial charge >= 0.3 is 0 Å². The highest BCUT2D eigenvalue weighted by molar-refractivity contribution is 4.95. The second-order valence-corrected chi connectivity index (χ2v) is 5.54. The highest BCUT2D eigenvalue weighted by Crippen LogP contribution is 2.19. The zero-order valence-corrected chi connectivity index (χ0v) is 13.1. The van der Waals surface area contributed by atoms with Crippen LogP contribution >= 0.6 is 0 Å². The molecule has 1 aromatic heterocycles. The number of nitrogens with zero attached hydrogens (tertiary/aromatic N) is 2. The highest BCUT2D eigenvalue weighted by Gasteiger charge is 2.29. The standard InChI is InChI=1S/C15H29N3O/c1-6-10-16-13(15(3,4)19-7-2)8-9-14-17-11-12-18(14)5/h11-13,16H,6-10H2,1-5H3. The van der Waals surface area contributed by atoms with Gasteiger partial charge in [-0.05, 0) is 40.2 Å². The number of hydrogen-bond acceptors (Lipinski definition) is 3. The van der Waals surface area contributed by atoms with Gasteiger partial charge in [0.05, 0.1) is 5.60 Å². The number of aromatic nitrogens is 2. The van der Waals surface area contributed by atoms with Crippen LogP contribution in [0.5, 0.6) is 0 Å². The van der Waals surface area contributed by atoms with E-state index in [9.17, 15) is 0 Å². The van der Waals surface area contributed by atoms with E-state index in [1.54, 1.807) is 0 Å². The van der Waals surface area contributed by atoms with Crippen LogP contribution in [0.1, 0.15) is 46.4 Å². The number of imidazole rings is 1. The lowest BCUT2D eigenvalue weighted by Crippen LogP contribution is -2.49. The average molecular weight is 267 g/mol. The molecule has 0 amide bonds. The van der Waals surface area contributed by atoms with Crippen LogP contribution in [0, 0.1) is 0 Å². The van der Waals surface area contributed by atoms with Gasteiger partial charge in [0, 0.05) is 38.5 Å². The molecule has 1 heterocycles. The summed E-state index contributed by atoms with van der Waals surface area (Å²) < 4.78 is 7.99. The summed E-state index contributed by atoms with van der Waals surface area (Å²) in [6.45, 7) is 10.4. The summed E-state index contributed by atoms with van der Waals surface area (Å²) >= 11 is 0. The summed E-state index contributed by atoms with van der Waals surface area (Å²) in [5.74, 6) is 1.13. The Balaban J connectivity index is 2.61. The molecule has 1 rings (SSSR count). The zero-order chi connectivity index (χ0) is 14.3. The van der Waals surface area contributed by atoms with Crippen molar-refractivity contribution < 1.29 is 4.74 Å². The first-order chi connectivity index (χ1) is 9.01. The normalized spacial score (nSPS) is 13.7. The molecule has 110 valence electrons. The quantitative estimate of drug-likeness (QED) is 0.747. The summed E-state index contributed by atoms with van der Waals surface area (Å²) in [5, 5.41) is 3.61. The topological polar surface area (TPSA) is 39.1 Å². The van der Waals surface area contributed by atoms with Gasteiger partial charge in [0.2, 0.25) is 0 Å². The number of ether oxygens (including phenoxy) is 1. The third kappa shape index (κ3) is 4.96. The van der Waals surface area contributed by atoms with Gasteiger partial charge in [0.25, 0.3) is 0 Å². The van der Waals surface area contributed by atoms with Crippen LogP contribution in [0.3, 0.4) is 0 Å². The second-order valence-electron chi connectivity index (χ2n) is 5.54. The van der Waals surface area contributed by atoms with Crippen LogP contribution in [0.4, 0.5) is 0 Å². The van der Waals surface area contributed by atoms with Crippen molar-refractivity contribution in [1.29, 1.82) is 0 Å². The maximum absolute atomic E-state index is 5.90. The first-order valence-corrected chi connectivity index (χ1v) is 7.34. The lowest BCUT2D eigenvalue weighted by Gasteiger charge is -2.35. The molecule has 0 aromatic carbocycles. The van der Waals surface area contributed by atoms with E-state index in [1.807, 2.05) is 19.4 Å². The first-order valence-electron chi connectivity index (χ1n) is 7.34. The van der Waals surface area contributed by atoms with Crippen LogP contribution in [0.15, 0.2) is 12.4 Å². The highest BCUT2D eigenvalue weighted by atomic mass is 16.5. The molecule has 0 aliphatic carbocycles. The van der Waals surface area contributed by atoms with Crippen LogP contribution in [-0.2, 0) is 18.2 Å². The van der Waals surface area contributed by atoms with Gasteiger partial charge in [-0.1, -0.05) is 6.92 Å². The molecule has 0 spiro atoms. The Kier molecular flexibility index (Phi) is 6.52. The molecular formula is C15H29N3O. The van der Waals surface area contributed by atoms with E-state index in [-0.39, 0.29) is 5.60 Å². The van der Waals surface area contributed by atoms with Gasteiger partial charge < -0.3 is 14.6 Å². The molecule has 0 radical (unpaired) electrons. The fraction of sp³-hybridized carbons (Fsp3) is 0.800. The lowest BCUT2D eigenvalue weighted by molar-refractivity contribution is -0.0400. The van der Waals surface area contributed by atoms with Crippen molar-refractivity contribution in [3.8, 4) is 0 Å². The van der Waals surface area contributed by atoms with Crippen molar-refractivity contribution in [2.75, 3.05) is 13.2 Å². The van der Waals surface area contributed by atoms with Gasteiger partial charge in [-0.3, -0.25) is 0 Å². The smallest absolute Gasteiger partial charge is 0.108 e. The van der Waals surface area contributed by atoms with Crippen LogP contribution in [0.2, 0.25) is 0 Å². The van der Waals surface area contributed by atoms with E-state index in [2.05, 4.69) is 42.6 Å². The summed E-state index contributed by atoms with van der Waals surface area (Å²) in [7, 11) is 2.05. The van der Waals surface area contributed by atoms with Gasteiger partial charge in [-0.25, -0.2) is 4.98 Å². The lowest BCUT2D eigenvalue weighted by atomic mass is 9.93. The molecule has 1 unspecified atom stereocenters. The van der Waals surface area contributed by atoms with Crippen LogP contribution in [-0.4, -0.2) is 34.3 Å². The molecule has 4 nitrogen and oxygen atoms in total. The first kappa shape index (κ1) is 16.2. The summed E-state index contributed by atoms with van der Waals surface area (Å²) in [6, 6.07) is 0.351. The number of aryl methyl sites for hydroxylation is 2. The predicted octanol–water partition coefficient (Wildman–Crippen LogP) is 2.54. The Morgan fingerprint density at radius 2 is 2.16 bits per heavy atom. The molecular weight excluding hydrogens is 238 g/mol. The SMILES string of the molecule is CCCNC(CCc1nccn1C)C(C)(C)OCC. The van der Waals surface area contributed by atoms with Crippen molar-refractivity contribution in [1.82, 2.24) is 14.9 Å². The molecule has 0 aliphatic rings. The Morgan fingerprint density at radius 3 is 2.68 bits per heavy atom.